The molecule has 0 aliphatic heterocycles. The number of aliphatic hydroxyl groups is 1. The summed E-state index contributed by atoms with van der Waals surface area (Å²) in [6, 6.07) is -9.30. The minimum Gasteiger partial charge on any atom is -0.481 e. The number of unbranched alkanes of at least 4 members (excludes halogenated alkanes) is 2. The predicted molar refractivity (Wildman–Crippen MR) is 427 cm³/mol. The maximum atomic E-state index is 14.5. The Morgan fingerprint density at radius 3 is 1.16 bits per heavy atom. The zero-order valence-corrected chi connectivity index (χ0v) is 69.5. The van der Waals surface area contributed by atoms with E-state index in [0.29, 0.717) is 37.7 Å². The fraction of sp³-hybridized carbons (Fsp3) is 0.701. The van der Waals surface area contributed by atoms with Crippen LogP contribution < -0.4 is 103 Å². The molecule has 1 aromatic rings. The molecule has 650 valence electrons. The molecule has 0 aliphatic carbocycles. The second kappa shape index (κ2) is 54.0. The average Bonchev–Trinajstić information content (AvgIpc) is 0.849. The van der Waals surface area contributed by atoms with E-state index in [1.165, 1.54) is 6.92 Å². The number of carboxylic acids is 1. The molecule has 1 rings (SSSR count). The molecule has 1 aromatic carbocycles. The Labute approximate surface area is 674 Å². The molecule has 0 bridgehead atoms. The number of rotatable bonds is 56. The second-order valence-corrected chi connectivity index (χ2v) is 30.8. The number of carboxylic acid groups (broad SMARTS) is 1. The van der Waals surface area contributed by atoms with Gasteiger partial charge in [0.05, 0.1) is 32.7 Å². The zero-order valence-electron chi connectivity index (χ0n) is 69.5. The maximum Gasteiger partial charge on any atom is 0.305 e. The SMILES string of the molecule is CC[C@H](C)[C@H](NC(=O)[C@H](CC(=O)O)NC(=O)[C@H](Cc1ccccc1)NC(=O)[C@H](CC(C)C)NC(=O)CN)C(=O)N[C@@H](C)C(=O)N[C@@H](CCCCN)C(=O)N[C@@H](CCCCN)C(=O)N[C@H](C(=O)N[C@H](C(=O)NCC(=O)N[C@H](C(=O)N[C@H](C(=O)NCC(=O)N[C@@H](CO)C(=O)N[C@@H](CC(C)C)C(N)=O)[C@@H](C)CC)C(C)C)[C@@H](C)CC)C(C)C. The number of aliphatic carboxylic acids is 1. The second-order valence-electron chi connectivity index (χ2n) is 30.8. The van der Waals surface area contributed by atoms with E-state index < -0.39 is 241 Å². The van der Waals surface area contributed by atoms with Gasteiger partial charge in [0.25, 0.3) is 0 Å². The van der Waals surface area contributed by atoms with Crippen molar-refractivity contribution in [2.24, 2.45) is 64.4 Å². The summed E-state index contributed by atoms with van der Waals surface area (Å²) in [6.45, 7) is 22.8. The molecule has 16 amide bonds. The molecule has 38 nitrogen and oxygen atoms in total. The fourth-order valence-corrected chi connectivity index (χ4v) is 11.8. The van der Waals surface area contributed by atoms with Crippen LogP contribution >= 0.6 is 0 Å². The summed E-state index contributed by atoms with van der Waals surface area (Å²) >= 11 is 0. The summed E-state index contributed by atoms with van der Waals surface area (Å²) in [4.78, 5) is 232. The van der Waals surface area contributed by atoms with Crippen LogP contribution in [0.15, 0.2) is 30.3 Å². The van der Waals surface area contributed by atoms with Crippen LogP contribution in [0.5, 0.6) is 0 Å². The first-order valence-corrected chi connectivity index (χ1v) is 39.8. The fourth-order valence-electron chi connectivity index (χ4n) is 11.8. The lowest BCUT2D eigenvalue weighted by Gasteiger charge is -2.30. The molecule has 0 radical (unpaired) electrons. The summed E-state index contributed by atoms with van der Waals surface area (Å²) in [5, 5.41) is 58.2. The minimum atomic E-state index is -1.83. The molecule has 0 aliphatic rings. The number of amides is 16. The standard InChI is InChI=1S/C77H133N19O19/c1-16-44(12)62(73(111)82-37-57(99)86-55(39-97)72(110)89-51(65(81)103)32-40(4)5)95-75(113)60(42(8)9)92-58(100)38-83-74(112)63(45(13)17-2)96-76(114)61(43(10)11)93-68(106)50(29-23-25-31-79)88-67(105)49(28-22-24-30-78)87-66(104)47(15)84-77(115)64(46(14)18-3)94-71(109)54(35-59(101)102)91-70(108)53(34-48-26-20-19-21-27-48)90-69(107)52(33-41(6)7)85-56(98)36-80/h19-21,26-27,40-47,49-55,60-64,97H,16-18,22-25,28-39,78-80H2,1-15H3,(H2,81,103)(H,82,111)(H,83,112)(H,84,115)(H,85,98)(H,86,99)(H,87,104)(H,88,105)(H,89,110)(H,90,107)(H,91,108)(H,92,100)(H,93,106)(H,94,109)(H,95,113)(H,96,114)(H,101,102)/t44-,45-,46-,47-,49-,50-,51-,52-,53-,54-,55-,60-,61-,62-,63-,64-/m0/s1. The lowest BCUT2D eigenvalue weighted by atomic mass is 9.96. The summed E-state index contributed by atoms with van der Waals surface area (Å²) in [5.41, 5.74) is 23.2. The first-order valence-electron chi connectivity index (χ1n) is 39.8. The topological polar surface area (TPSA) is 615 Å². The maximum absolute atomic E-state index is 14.5. The Kier molecular flexibility index (Phi) is 48.4. The Bertz CT molecular complexity index is 3370. The molecule has 115 heavy (non-hydrogen) atoms. The van der Waals surface area contributed by atoms with Crippen molar-refractivity contribution < 1.29 is 91.7 Å². The molecule has 0 fully saturated rings. The molecule has 0 unspecified atom stereocenters. The molecular formula is C77H133N19O19. The van der Waals surface area contributed by atoms with Crippen molar-refractivity contribution in [3.05, 3.63) is 35.9 Å². The lowest BCUT2D eigenvalue weighted by molar-refractivity contribution is -0.142. The van der Waals surface area contributed by atoms with Crippen molar-refractivity contribution in [3.8, 4) is 0 Å². The van der Waals surface area contributed by atoms with Gasteiger partial charge in [-0.25, -0.2) is 0 Å². The van der Waals surface area contributed by atoms with Crippen LogP contribution in [0.3, 0.4) is 0 Å². The van der Waals surface area contributed by atoms with Gasteiger partial charge in [-0.05, 0) is 118 Å². The molecule has 0 spiro atoms. The highest BCUT2D eigenvalue weighted by molar-refractivity contribution is 6.01. The van der Waals surface area contributed by atoms with Gasteiger partial charge in [-0.1, -0.05) is 147 Å². The number of hydrogen-bond acceptors (Lipinski definition) is 21. The molecule has 0 saturated carbocycles. The highest BCUT2D eigenvalue weighted by Crippen LogP contribution is 2.17. The van der Waals surface area contributed by atoms with Crippen molar-refractivity contribution in [3.63, 3.8) is 0 Å². The first kappa shape index (κ1) is 103. The van der Waals surface area contributed by atoms with Crippen LogP contribution in [0, 0.1) is 41.4 Å². The Morgan fingerprint density at radius 1 is 0.365 bits per heavy atom. The van der Waals surface area contributed by atoms with Gasteiger partial charge in [0.15, 0.2) is 0 Å². The zero-order chi connectivity index (χ0) is 87.5. The van der Waals surface area contributed by atoms with E-state index in [1.54, 1.807) is 113 Å². The molecule has 25 N–H and O–H groups in total. The smallest absolute Gasteiger partial charge is 0.305 e. The largest absolute Gasteiger partial charge is 0.481 e. The normalized spacial score (nSPS) is 15.5. The number of primary amides is 1. The summed E-state index contributed by atoms with van der Waals surface area (Å²) in [5.74, 6) is -18.3. The van der Waals surface area contributed by atoms with Gasteiger partial charge < -0.3 is 113 Å². The van der Waals surface area contributed by atoms with E-state index in [1.807, 2.05) is 13.8 Å². The van der Waals surface area contributed by atoms with E-state index in [-0.39, 0.29) is 69.9 Å². The number of nitrogens with one attached hydrogen (secondary N) is 15. The predicted octanol–water partition coefficient (Wildman–Crippen LogP) is -3.50. The molecule has 0 saturated heterocycles. The first-order chi connectivity index (χ1) is 54.0. The molecule has 0 aromatic heterocycles. The summed E-state index contributed by atoms with van der Waals surface area (Å²) in [7, 11) is 0. The molecular weight excluding hydrogens is 1490 g/mol. The monoisotopic (exact) mass is 1630 g/mol. The highest BCUT2D eigenvalue weighted by atomic mass is 16.4. The number of nitrogens with two attached hydrogens (primary N) is 4. The van der Waals surface area contributed by atoms with Crippen molar-refractivity contribution >= 4 is 100 Å². The summed E-state index contributed by atoms with van der Waals surface area (Å²) < 4.78 is 0. The van der Waals surface area contributed by atoms with Gasteiger partial charge in [-0.2, -0.15) is 0 Å². The van der Waals surface area contributed by atoms with Crippen molar-refractivity contribution in [2.45, 2.75) is 266 Å². The van der Waals surface area contributed by atoms with E-state index in [4.69, 9.17) is 22.9 Å². The van der Waals surface area contributed by atoms with Crippen LogP contribution in [-0.2, 0) is 87.9 Å². The van der Waals surface area contributed by atoms with Crippen LogP contribution in [-0.4, -0.2) is 229 Å². The van der Waals surface area contributed by atoms with E-state index in [0.717, 1.165) is 0 Å². The summed E-state index contributed by atoms with van der Waals surface area (Å²) in [6.07, 6.45) is 1.52. The highest BCUT2D eigenvalue weighted by Gasteiger charge is 2.39. The van der Waals surface area contributed by atoms with Gasteiger partial charge >= 0.3 is 5.97 Å². The lowest BCUT2D eigenvalue weighted by Crippen LogP contribution is -2.61. The third-order valence-electron chi connectivity index (χ3n) is 19.3. The van der Waals surface area contributed by atoms with E-state index in [2.05, 4.69) is 79.8 Å². The van der Waals surface area contributed by atoms with Crippen LogP contribution in [0.4, 0.5) is 0 Å². The van der Waals surface area contributed by atoms with Gasteiger partial charge in [-0.3, -0.25) is 81.5 Å². The van der Waals surface area contributed by atoms with Gasteiger partial charge in [0.1, 0.15) is 78.5 Å². The number of carbonyl (C=O) groups excluding carboxylic acids is 16. The van der Waals surface area contributed by atoms with Crippen molar-refractivity contribution in [1.82, 2.24) is 79.8 Å². The number of carbonyl (C=O) groups is 17. The third-order valence-corrected chi connectivity index (χ3v) is 19.3. The van der Waals surface area contributed by atoms with Crippen LogP contribution in [0.25, 0.3) is 0 Å². The minimum absolute atomic E-state index is 0.0107. The van der Waals surface area contributed by atoms with Crippen LogP contribution in [0.2, 0.25) is 0 Å². The van der Waals surface area contributed by atoms with Gasteiger partial charge in [-0.15, -0.1) is 0 Å². The number of benzene rings is 1. The molecule has 38 heteroatoms. The van der Waals surface area contributed by atoms with E-state index in [9.17, 15) is 91.7 Å². The third kappa shape index (κ3) is 38.4. The van der Waals surface area contributed by atoms with Crippen LogP contribution in [0.1, 0.15) is 186 Å². The Hall–Kier alpha value is -9.95. The Morgan fingerprint density at radius 2 is 0.722 bits per heavy atom. The number of hydrogen-bond donors (Lipinski definition) is 21. The molecule has 16 atom stereocenters. The molecule has 0 heterocycles. The van der Waals surface area contributed by atoms with Crippen molar-refractivity contribution in [1.29, 1.82) is 0 Å². The number of aliphatic hydroxyl groups excluding tert-OH is 1. The van der Waals surface area contributed by atoms with Gasteiger partial charge in [0, 0.05) is 6.42 Å². The van der Waals surface area contributed by atoms with E-state index >= 15 is 0 Å². The Balaban J connectivity index is 3.41. The quantitative estimate of drug-likeness (QED) is 0.0281. The van der Waals surface area contributed by atoms with Crippen molar-refractivity contribution in [2.75, 3.05) is 39.3 Å². The van der Waals surface area contributed by atoms with Gasteiger partial charge in [0.2, 0.25) is 94.5 Å². The average molecular weight is 1630 g/mol.